The van der Waals surface area contributed by atoms with Gasteiger partial charge in [-0.2, -0.15) is 0 Å². The van der Waals surface area contributed by atoms with Crippen molar-refractivity contribution < 1.29 is 9.90 Å². The van der Waals surface area contributed by atoms with Crippen LogP contribution in [0.5, 0.6) is 0 Å². The van der Waals surface area contributed by atoms with Crippen LogP contribution in [0, 0.1) is 0 Å². The Bertz CT molecular complexity index is 555. The molecule has 6 heteroatoms. The van der Waals surface area contributed by atoms with Gasteiger partial charge >= 0.3 is 0 Å². The minimum absolute atomic E-state index is 0.0714. The molecule has 2 aliphatic rings. The van der Waals surface area contributed by atoms with Gasteiger partial charge in [-0.1, -0.05) is 0 Å². The smallest absolute Gasteiger partial charge is 0.254 e. The highest BCUT2D eigenvalue weighted by molar-refractivity contribution is 5.94. The molecule has 1 amide bonds. The van der Waals surface area contributed by atoms with Crippen LogP contribution in [-0.2, 0) is 0 Å². The summed E-state index contributed by atoms with van der Waals surface area (Å²) in [5.74, 6) is 0.866. The predicted octanol–water partition coefficient (Wildman–Crippen LogP) is 0.819. The van der Waals surface area contributed by atoms with Crippen LogP contribution in [-0.4, -0.2) is 78.2 Å². The highest BCUT2D eigenvalue weighted by Crippen LogP contribution is 2.25. The van der Waals surface area contributed by atoms with Crippen molar-refractivity contribution in [3.05, 3.63) is 23.9 Å². The minimum Gasteiger partial charge on any atom is -0.391 e. The van der Waals surface area contributed by atoms with Gasteiger partial charge in [0.25, 0.3) is 5.91 Å². The number of aromatic nitrogens is 1. The average molecular weight is 318 g/mol. The zero-order valence-corrected chi connectivity index (χ0v) is 14.0. The van der Waals surface area contributed by atoms with Gasteiger partial charge in [-0.3, -0.25) is 9.69 Å². The van der Waals surface area contributed by atoms with Crippen molar-refractivity contribution in [3.63, 3.8) is 0 Å². The first-order valence-corrected chi connectivity index (χ1v) is 8.41. The lowest BCUT2D eigenvalue weighted by molar-refractivity contribution is 0.0315. The van der Waals surface area contributed by atoms with Crippen molar-refractivity contribution in [1.82, 2.24) is 14.8 Å². The summed E-state index contributed by atoms with van der Waals surface area (Å²) in [5.41, 5.74) is 0.693. The zero-order chi connectivity index (χ0) is 16.4. The van der Waals surface area contributed by atoms with E-state index in [1.54, 1.807) is 12.3 Å². The third-order valence-electron chi connectivity index (χ3n) is 4.97. The Balaban J connectivity index is 1.61. The molecular weight excluding hydrogens is 292 g/mol. The molecule has 1 N–H and O–H groups in total. The second-order valence-corrected chi connectivity index (χ2v) is 6.69. The van der Waals surface area contributed by atoms with Crippen LogP contribution >= 0.6 is 0 Å². The van der Waals surface area contributed by atoms with Gasteiger partial charge in [0, 0.05) is 58.1 Å². The minimum atomic E-state index is -0.194. The molecule has 1 saturated carbocycles. The van der Waals surface area contributed by atoms with Crippen LogP contribution < -0.4 is 4.90 Å². The first kappa shape index (κ1) is 16.2. The zero-order valence-electron chi connectivity index (χ0n) is 14.0. The second kappa shape index (κ2) is 6.84. The Kier molecular flexibility index (Phi) is 4.82. The van der Waals surface area contributed by atoms with Gasteiger partial charge in [-0.25, -0.2) is 4.98 Å². The topological polar surface area (TPSA) is 59.9 Å². The Hall–Kier alpha value is -1.66. The van der Waals surface area contributed by atoms with E-state index in [-0.39, 0.29) is 18.1 Å². The molecule has 1 saturated heterocycles. The number of anilines is 1. The summed E-state index contributed by atoms with van der Waals surface area (Å²) in [6, 6.07) is 3.91. The van der Waals surface area contributed by atoms with Crippen LogP contribution in [0.25, 0.3) is 0 Å². The fourth-order valence-electron chi connectivity index (χ4n) is 3.58. The van der Waals surface area contributed by atoms with E-state index in [4.69, 9.17) is 0 Å². The summed E-state index contributed by atoms with van der Waals surface area (Å²) in [4.78, 5) is 23.1. The second-order valence-electron chi connectivity index (χ2n) is 6.69. The largest absolute Gasteiger partial charge is 0.391 e. The molecule has 2 atom stereocenters. The first-order chi connectivity index (χ1) is 11.1. The van der Waals surface area contributed by atoms with Crippen molar-refractivity contribution in [2.24, 2.45) is 0 Å². The molecule has 0 radical (unpaired) electrons. The fourth-order valence-corrected chi connectivity index (χ4v) is 3.58. The quantitative estimate of drug-likeness (QED) is 0.894. The number of rotatable bonds is 3. The van der Waals surface area contributed by atoms with E-state index in [9.17, 15) is 9.90 Å². The monoisotopic (exact) mass is 318 g/mol. The molecule has 2 fully saturated rings. The average Bonchev–Trinajstić information content (AvgIpc) is 3.00. The maximum Gasteiger partial charge on any atom is 0.254 e. The number of pyridine rings is 1. The SMILES string of the molecule is CN(C)c1cc(C(=O)N2CCN([C@@H]3CCC[C@@H]3O)CC2)ccn1. The highest BCUT2D eigenvalue weighted by Gasteiger charge is 2.33. The van der Waals surface area contributed by atoms with E-state index in [0.29, 0.717) is 5.56 Å². The van der Waals surface area contributed by atoms with Gasteiger partial charge in [0.15, 0.2) is 0 Å². The first-order valence-electron chi connectivity index (χ1n) is 8.41. The van der Waals surface area contributed by atoms with Crippen LogP contribution in [0.15, 0.2) is 18.3 Å². The van der Waals surface area contributed by atoms with Crippen molar-refractivity contribution >= 4 is 11.7 Å². The summed E-state index contributed by atoms with van der Waals surface area (Å²) in [6.45, 7) is 3.14. The molecule has 1 aromatic heterocycles. The molecule has 1 aliphatic carbocycles. The summed E-state index contributed by atoms with van der Waals surface area (Å²) < 4.78 is 0. The molecule has 2 heterocycles. The van der Waals surface area contributed by atoms with Gasteiger partial charge in [-0.15, -0.1) is 0 Å². The maximum absolute atomic E-state index is 12.7. The number of aliphatic hydroxyl groups excluding tert-OH is 1. The molecule has 0 unspecified atom stereocenters. The molecule has 3 rings (SSSR count). The van der Waals surface area contributed by atoms with Gasteiger partial charge in [0.1, 0.15) is 5.82 Å². The van der Waals surface area contributed by atoms with E-state index in [2.05, 4.69) is 9.88 Å². The van der Waals surface area contributed by atoms with Gasteiger partial charge in [0.2, 0.25) is 0 Å². The maximum atomic E-state index is 12.7. The number of nitrogens with zero attached hydrogens (tertiary/aromatic N) is 4. The van der Waals surface area contributed by atoms with Crippen LogP contribution in [0.4, 0.5) is 5.82 Å². The molecule has 1 aromatic rings. The van der Waals surface area contributed by atoms with E-state index < -0.39 is 0 Å². The van der Waals surface area contributed by atoms with E-state index in [1.807, 2.05) is 30.0 Å². The molecule has 0 spiro atoms. The number of hydrogen-bond donors (Lipinski definition) is 1. The lowest BCUT2D eigenvalue weighted by Gasteiger charge is -2.39. The third-order valence-corrected chi connectivity index (χ3v) is 4.97. The lowest BCUT2D eigenvalue weighted by atomic mass is 10.1. The summed E-state index contributed by atoms with van der Waals surface area (Å²) in [7, 11) is 3.84. The predicted molar refractivity (Wildman–Crippen MR) is 89.7 cm³/mol. The molecule has 0 aromatic carbocycles. The highest BCUT2D eigenvalue weighted by atomic mass is 16.3. The normalized spacial score (nSPS) is 25.6. The number of piperazine rings is 1. The Morgan fingerprint density at radius 1 is 1.26 bits per heavy atom. The van der Waals surface area contributed by atoms with E-state index >= 15 is 0 Å². The lowest BCUT2D eigenvalue weighted by Crippen LogP contribution is -2.53. The standard InChI is InChI=1S/C17H26N4O2/c1-19(2)16-12-13(6-7-18-16)17(23)21-10-8-20(9-11-21)14-4-3-5-15(14)22/h6-7,12,14-15,22H,3-5,8-11H2,1-2H3/t14-,15+/m1/s1. The molecule has 23 heavy (non-hydrogen) atoms. The molecular formula is C17H26N4O2. The van der Waals surface area contributed by atoms with Crippen molar-refractivity contribution in [2.75, 3.05) is 45.2 Å². The Morgan fingerprint density at radius 2 is 2.00 bits per heavy atom. The molecule has 0 bridgehead atoms. The fraction of sp³-hybridized carbons (Fsp3) is 0.647. The van der Waals surface area contributed by atoms with Crippen LogP contribution in [0.1, 0.15) is 29.6 Å². The molecule has 126 valence electrons. The van der Waals surface area contributed by atoms with Crippen molar-refractivity contribution in [2.45, 2.75) is 31.4 Å². The number of carbonyl (C=O) groups is 1. The Labute approximate surface area is 137 Å². The number of carbonyl (C=O) groups excluding carboxylic acids is 1. The van der Waals surface area contributed by atoms with Gasteiger partial charge < -0.3 is 14.9 Å². The van der Waals surface area contributed by atoms with Gasteiger partial charge in [-0.05, 0) is 31.4 Å². The van der Waals surface area contributed by atoms with Gasteiger partial charge in [0.05, 0.1) is 6.10 Å². The summed E-state index contributed by atoms with van der Waals surface area (Å²) in [5, 5.41) is 10.0. The van der Waals surface area contributed by atoms with Crippen LogP contribution in [0.3, 0.4) is 0 Å². The molecule has 1 aliphatic heterocycles. The third kappa shape index (κ3) is 3.48. The van der Waals surface area contributed by atoms with E-state index in [0.717, 1.165) is 51.3 Å². The number of aliphatic hydroxyl groups is 1. The van der Waals surface area contributed by atoms with Crippen molar-refractivity contribution in [1.29, 1.82) is 0 Å². The Morgan fingerprint density at radius 3 is 2.61 bits per heavy atom. The van der Waals surface area contributed by atoms with E-state index in [1.165, 1.54) is 0 Å². The molecule has 6 nitrogen and oxygen atoms in total. The number of amides is 1. The van der Waals surface area contributed by atoms with Crippen molar-refractivity contribution in [3.8, 4) is 0 Å². The number of hydrogen-bond acceptors (Lipinski definition) is 5. The van der Waals surface area contributed by atoms with Crippen LogP contribution in [0.2, 0.25) is 0 Å². The summed E-state index contributed by atoms with van der Waals surface area (Å²) in [6.07, 6.45) is 4.59. The summed E-state index contributed by atoms with van der Waals surface area (Å²) >= 11 is 0.